The quantitative estimate of drug-likeness (QED) is 0.733. The molecule has 0 radical (unpaired) electrons. The smallest absolute Gasteiger partial charge is 0.219 e. The molecule has 0 heterocycles. The Morgan fingerprint density at radius 3 is 2.08 bits per heavy atom. The molecule has 0 saturated carbocycles. The van der Waals surface area contributed by atoms with Crippen LogP contribution in [0.5, 0.6) is 0 Å². The minimum absolute atomic E-state index is 0.00562. The highest BCUT2D eigenvalue weighted by Gasteiger charge is 2.32. The first-order valence-electron chi connectivity index (χ1n) is 8.06. The maximum absolute atomic E-state index is 12.3. The Labute approximate surface area is 143 Å². The van der Waals surface area contributed by atoms with Crippen molar-refractivity contribution in [1.82, 2.24) is 5.32 Å². The fraction of sp³-hybridized carbons (Fsp3) is 0.300. The molecule has 0 saturated heterocycles. The second kappa shape index (κ2) is 7.88. The summed E-state index contributed by atoms with van der Waals surface area (Å²) in [6.45, 7) is 4.27. The highest BCUT2D eigenvalue weighted by molar-refractivity contribution is 5.97. The summed E-state index contributed by atoms with van der Waals surface area (Å²) in [6.07, 6.45) is 0.171. The number of amides is 1. The average molecular weight is 324 g/mol. The molecule has 126 valence electrons. The van der Waals surface area contributed by atoms with E-state index in [1.54, 1.807) is 12.1 Å². The third-order valence-corrected chi connectivity index (χ3v) is 4.40. The zero-order valence-electron chi connectivity index (χ0n) is 14.2. The van der Waals surface area contributed by atoms with E-state index in [0.717, 1.165) is 5.56 Å². The van der Waals surface area contributed by atoms with E-state index in [1.165, 1.54) is 0 Å². The third-order valence-electron chi connectivity index (χ3n) is 4.40. The molecule has 2 rings (SSSR count). The van der Waals surface area contributed by atoms with Gasteiger partial charge in [-0.2, -0.15) is 0 Å². The molecule has 0 spiro atoms. The number of carbonyl (C=O) groups excluding carboxylic acids is 2. The molecule has 24 heavy (non-hydrogen) atoms. The van der Waals surface area contributed by atoms with Crippen LogP contribution < -0.4 is 11.1 Å². The Morgan fingerprint density at radius 1 is 1.00 bits per heavy atom. The molecule has 1 unspecified atom stereocenters. The molecular weight excluding hydrogens is 300 g/mol. The fourth-order valence-corrected chi connectivity index (χ4v) is 2.79. The van der Waals surface area contributed by atoms with Crippen molar-refractivity contribution in [2.24, 2.45) is 5.73 Å². The minimum atomic E-state index is -0.385. The largest absolute Gasteiger partial charge is 0.370 e. The van der Waals surface area contributed by atoms with Crippen molar-refractivity contribution in [2.45, 2.75) is 31.7 Å². The van der Waals surface area contributed by atoms with Crippen LogP contribution >= 0.6 is 0 Å². The Morgan fingerprint density at radius 2 is 1.54 bits per heavy atom. The number of benzene rings is 2. The van der Waals surface area contributed by atoms with Gasteiger partial charge >= 0.3 is 0 Å². The number of primary amides is 1. The summed E-state index contributed by atoms with van der Waals surface area (Å²) >= 11 is 0. The van der Waals surface area contributed by atoms with Crippen LogP contribution in [0.4, 0.5) is 0 Å². The first-order chi connectivity index (χ1) is 11.4. The number of ketones is 1. The van der Waals surface area contributed by atoms with Crippen LogP contribution in [-0.2, 0) is 10.2 Å². The summed E-state index contributed by atoms with van der Waals surface area (Å²) in [5.41, 5.74) is 6.83. The summed E-state index contributed by atoms with van der Waals surface area (Å²) in [5.74, 6) is -0.391. The van der Waals surface area contributed by atoms with Crippen LogP contribution in [0.2, 0.25) is 0 Å². The lowest BCUT2D eigenvalue weighted by atomic mass is 9.76. The molecule has 2 aromatic rings. The second-order valence-electron chi connectivity index (χ2n) is 6.48. The van der Waals surface area contributed by atoms with Gasteiger partial charge in [0.25, 0.3) is 0 Å². The van der Waals surface area contributed by atoms with Crippen molar-refractivity contribution >= 4 is 11.7 Å². The molecule has 1 amide bonds. The van der Waals surface area contributed by atoms with Gasteiger partial charge in [-0.3, -0.25) is 9.59 Å². The number of nitrogens with one attached hydrogen (secondary N) is 1. The molecule has 4 nitrogen and oxygen atoms in total. The van der Waals surface area contributed by atoms with Crippen molar-refractivity contribution in [3.8, 4) is 0 Å². The molecule has 1 atom stereocenters. The molecule has 3 N–H and O–H groups in total. The highest BCUT2D eigenvalue weighted by atomic mass is 16.1. The zero-order chi connectivity index (χ0) is 17.6. The molecule has 4 heteroatoms. The maximum atomic E-state index is 12.3. The van der Waals surface area contributed by atoms with Crippen LogP contribution in [0.25, 0.3) is 0 Å². The van der Waals surface area contributed by atoms with Crippen LogP contribution in [0.1, 0.15) is 36.2 Å². The zero-order valence-corrected chi connectivity index (χ0v) is 14.2. The number of carbonyl (C=O) groups is 2. The van der Waals surface area contributed by atoms with Gasteiger partial charge < -0.3 is 11.1 Å². The van der Waals surface area contributed by atoms with Gasteiger partial charge in [0, 0.05) is 23.4 Å². The van der Waals surface area contributed by atoms with Gasteiger partial charge in [-0.05, 0) is 5.56 Å². The van der Waals surface area contributed by atoms with Crippen LogP contribution in [0.15, 0.2) is 60.7 Å². The second-order valence-corrected chi connectivity index (χ2v) is 6.48. The lowest BCUT2D eigenvalue weighted by Gasteiger charge is -2.35. The number of nitrogens with two attached hydrogens (primary N) is 1. The van der Waals surface area contributed by atoms with Crippen LogP contribution in [0, 0.1) is 0 Å². The number of hydrogen-bond acceptors (Lipinski definition) is 3. The molecule has 0 aliphatic rings. The van der Waals surface area contributed by atoms with Gasteiger partial charge in [0.05, 0.1) is 6.54 Å². The van der Waals surface area contributed by atoms with Gasteiger partial charge in [0.2, 0.25) is 5.91 Å². The van der Waals surface area contributed by atoms with Crippen molar-refractivity contribution in [1.29, 1.82) is 0 Å². The summed E-state index contributed by atoms with van der Waals surface area (Å²) in [4.78, 5) is 23.8. The summed E-state index contributed by atoms with van der Waals surface area (Å²) in [6, 6.07) is 18.8. The normalized spacial score (nSPS) is 12.6. The molecular formula is C20H24N2O2. The summed E-state index contributed by atoms with van der Waals surface area (Å²) < 4.78 is 0. The SMILES string of the molecule is CC(C)(c1ccccc1)C(CC(N)=O)NCC(=O)c1ccccc1. The Bertz CT molecular complexity index is 681. The van der Waals surface area contributed by atoms with Crippen molar-refractivity contribution in [2.75, 3.05) is 6.54 Å². The first-order valence-corrected chi connectivity index (χ1v) is 8.06. The first kappa shape index (κ1) is 17.9. The number of Topliss-reactive ketones (excluding diaryl/α,β-unsaturated/α-hetero) is 1. The summed E-state index contributed by atoms with van der Waals surface area (Å²) in [7, 11) is 0. The molecule has 0 bridgehead atoms. The molecule has 0 aliphatic heterocycles. The topological polar surface area (TPSA) is 72.2 Å². The van der Waals surface area contributed by atoms with E-state index in [9.17, 15) is 9.59 Å². The van der Waals surface area contributed by atoms with Crippen LogP contribution in [-0.4, -0.2) is 24.3 Å². The monoisotopic (exact) mass is 324 g/mol. The predicted octanol–water partition coefficient (Wildman–Crippen LogP) is 2.68. The van der Waals surface area contributed by atoms with Gasteiger partial charge in [-0.15, -0.1) is 0 Å². The van der Waals surface area contributed by atoms with E-state index >= 15 is 0 Å². The Balaban J connectivity index is 2.14. The number of hydrogen-bond donors (Lipinski definition) is 2. The molecule has 0 fully saturated rings. The van der Waals surface area contributed by atoms with Gasteiger partial charge in [0.1, 0.15) is 0 Å². The Hall–Kier alpha value is -2.46. The van der Waals surface area contributed by atoms with Crippen LogP contribution in [0.3, 0.4) is 0 Å². The number of rotatable bonds is 8. The van der Waals surface area contributed by atoms with E-state index in [1.807, 2.05) is 48.5 Å². The highest BCUT2D eigenvalue weighted by Crippen LogP contribution is 2.28. The minimum Gasteiger partial charge on any atom is -0.370 e. The van der Waals surface area contributed by atoms with Gasteiger partial charge in [-0.1, -0.05) is 74.5 Å². The van der Waals surface area contributed by atoms with E-state index in [-0.39, 0.29) is 36.1 Å². The molecule has 0 aliphatic carbocycles. The predicted molar refractivity (Wildman–Crippen MR) is 95.8 cm³/mol. The van der Waals surface area contributed by atoms with Gasteiger partial charge in [-0.25, -0.2) is 0 Å². The van der Waals surface area contributed by atoms with Crippen molar-refractivity contribution in [3.05, 3.63) is 71.8 Å². The Kier molecular flexibility index (Phi) is 5.88. The van der Waals surface area contributed by atoms with E-state index < -0.39 is 0 Å². The van der Waals surface area contributed by atoms with E-state index in [4.69, 9.17) is 5.73 Å². The molecule has 2 aromatic carbocycles. The average Bonchev–Trinajstić information content (AvgIpc) is 2.59. The lowest BCUT2D eigenvalue weighted by molar-refractivity contribution is -0.118. The fourth-order valence-electron chi connectivity index (χ4n) is 2.79. The third kappa shape index (κ3) is 4.52. The van der Waals surface area contributed by atoms with E-state index in [0.29, 0.717) is 5.56 Å². The molecule has 0 aromatic heterocycles. The lowest BCUT2D eigenvalue weighted by Crippen LogP contribution is -2.48. The van der Waals surface area contributed by atoms with E-state index in [2.05, 4.69) is 19.2 Å². The maximum Gasteiger partial charge on any atom is 0.219 e. The van der Waals surface area contributed by atoms with Crippen molar-refractivity contribution in [3.63, 3.8) is 0 Å². The van der Waals surface area contributed by atoms with Gasteiger partial charge in [0.15, 0.2) is 5.78 Å². The standard InChI is InChI=1S/C20H24N2O2/c1-20(2,16-11-7-4-8-12-16)18(13-19(21)24)22-14-17(23)15-9-5-3-6-10-15/h3-12,18,22H,13-14H2,1-2H3,(H2,21,24). The summed E-state index contributed by atoms with van der Waals surface area (Å²) in [5, 5.41) is 3.24. The van der Waals surface area contributed by atoms with Crippen molar-refractivity contribution < 1.29 is 9.59 Å².